The smallest absolute Gasteiger partial charge is 0.428 e. The van der Waals surface area contributed by atoms with Gasteiger partial charge in [-0.25, -0.2) is 9.40 Å². The summed E-state index contributed by atoms with van der Waals surface area (Å²) in [7, 11) is 2.60. The zero-order valence-electron chi connectivity index (χ0n) is 21.7. The molecule has 0 heterocycles. The molecule has 0 bridgehead atoms. The predicted octanol–water partition coefficient (Wildman–Crippen LogP) is 8.03. The van der Waals surface area contributed by atoms with E-state index in [1.165, 1.54) is 14.2 Å². The molecule has 0 aliphatic carbocycles. The second kappa shape index (κ2) is 16.6. The summed E-state index contributed by atoms with van der Waals surface area (Å²) >= 11 is 21.4. The molecular weight excluding hydrogens is 622 g/mol. The maximum atomic E-state index is 12.2. The van der Waals surface area contributed by atoms with Crippen LogP contribution in [0.5, 0.6) is 11.5 Å². The van der Waals surface area contributed by atoms with Crippen LogP contribution in [-0.4, -0.2) is 37.9 Å². The molecule has 0 saturated heterocycles. The summed E-state index contributed by atoms with van der Waals surface area (Å²) in [6.45, 7) is 3.06. The molecule has 1 N–H and O–H groups in total. The second-order valence-corrected chi connectivity index (χ2v) is 16.2. The van der Waals surface area contributed by atoms with Crippen LogP contribution >= 0.6 is 58.3 Å². The number of esters is 2. The Balaban J connectivity index is 0.000000586. The highest BCUT2D eigenvalue weighted by atomic mass is 35.9. The highest BCUT2D eigenvalue weighted by Gasteiger charge is 2.38. The van der Waals surface area contributed by atoms with Gasteiger partial charge in [0.2, 0.25) is 0 Å². The Morgan fingerprint density at radius 1 is 0.763 bits per heavy atom. The molecule has 1 unspecified atom stereocenters. The van der Waals surface area contributed by atoms with E-state index in [0.29, 0.717) is 11.5 Å². The van der Waals surface area contributed by atoms with Crippen LogP contribution in [0.3, 0.4) is 0 Å². The maximum absolute atomic E-state index is 12.2. The molecule has 0 radical (unpaired) electrons. The average molecular weight is 653 g/mol. The van der Waals surface area contributed by atoms with Gasteiger partial charge in [-0.05, 0) is 75.0 Å². The lowest BCUT2D eigenvalue weighted by Crippen LogP contribution is -2.42. The van der Waals surface area contributed by atoms with E-state index in [2.05, 4.69) is 18.8 Å². The summed E-state index contributed by atoms with van der Waals surface area (Å²) in [5, 5.41) is 0. The van der Waals surface area contributed by atoms with E-state index in [4.69, 9.17) is 50.0 Å². The molecule has 0 saturated carbocycles. The third kappa shape index (κ3) is 15.8. The van der Waals surface area contributed by atoms with Crippen LogP contribution in [-0.2, 0) is 28.2 Å². The summed E-state index contributed by atoms with van der Waals surface area (Å²) in [6, 6.07) is 17.1. The van der Waals surface area contributed by atoms with Gasteiger partial charge < -0.3 is 18.5 Å². The molecule has 0 aromatic heterocycles. The summed E-state index contributed by atoms with van der Waals surface area (Å²) in [5.74, 6) is -0.0325. The summed E-state index contributed by atoms with van der Waals surface area (Å²) in [6.07, 6.45) is -3.54. The molecule has 0 spiro atoms. The first kappa shape index (κ1) is 36.6. The van der Waals surface area contributed by atoms with Crippen molar-refractivity contribution in [1.29, 1.82) is 0 Å². The van der Waals surface area contributed by atoms with Gasteiger partial charge in [0.1, 0.15) is 17.0 Å². The lowest BCUT2D eigenvalue weighted by atomic mass is 9.97. The van der Waals surface area contributed by atoms with Gasteiger partial charge in [-0.3, -0.25) is 14.2 Å². The van der Waals surface area contributed by atoms with Crippen LogP contribution in [0.15, 0.2) is 60.7 Å². The Labute approximate surface area is 242 Å². The minimum absolute atomic E-state index is 0.0941. The number of rotatable bonds is 9. The van der Waals surface area contributed by atoms with Crippen molar-refractivity contribution >= 4 is 70.2 Å². The standard InChI is InChI=1S/C12H16ClO4P.C6H5Cl2O2P.C5H10ClNO2/c1-12(2,11(14)16-3)9-18(13,15)17-10-7-5-4-6-8-10;7-11(8,9)10-6-4-2-1-3-5-6;1-5(2,7-6)4(8)9-3/h4-8H,9H2,1-3H3;1-5H;7H,1-3H3. The fraction of sp³-hybridized carbons (Fsp3) is 0.391. The first-order valence-corrected chi connectivity index (χ1v) is 17.2. The molecule has 0 fully saturated rings. The molecule has 0 amide bonds. The van der Waals surface area contributed by atoms with E-state index in [1.807, 2.05) is 6.07 Å². The van der Waals surface area contributed by atoms with Gasteiger partial charge in [0.15, 0.2) is 0 Å². The molecule has 2 aromatic carbocycles. The molecule has 15 heteroatoms. The van der Waals surface area contributed by atoms with Crippen molar-refractivity contribution in [3.05, 3.63) is 60.7 Å². The zero-order valence-corrected chi connectivity index (χ0v) is 26.5. The van der Waals surface area contributed by atoms with E-state index in [0.717, 1.165) is 0 Å². The van der Waals surface area contributed by atoms with Gasteiger partial charge >= 0.3 is 24.7 Å². The van der Waals surface area contributed by atoms with Gasteiger partial charge in [0, 0.05) is 22.5 Å². The van der Waals surface area contributed by atoms with E-state index in [1.54, 1.807) is 82.3 Å². The average Bonchev–Trinajstić information content (AvgIpc) is 2.83. The van der Waals surface area contributed by atoms with Crippen LogP contribution in [0.25, 0.3) is 0 Å². The van der Waals surface area contributed by atoms with Crippen molar-refractivity contribution in [2.75, 3.05) is 20.4 Å². The molecule has 2 aromatic rings. The van der Waals surface area contributed by atoms with Gasteiger partial charge in [0.25, 0.3) is 0 Å². The zero-order chi connectivity index (χ0) is 29.6. The number of carbonyl (C=O) groups excluding carboxylic acids is 2. The highest BCUT2D eigenvalue weighted by molar-refractivity contribution is 8.05. The van der Waals surface area contributed by atoms with E-state index in [-0.39, 0.29) is 12.1 Å². The van der Waals surface area contributed by atoms with E-state index >= 15 is 0 Å². The van der Waals surface area contributed by atoms with Crippen LogP contribution < -0.4 is 13.9 Å². The number of ether oxygens (including phenoxy) is 2. The van der Waals surface area contributed by atoms with Crippen molar-refractivity contribution in [2.45, 2.75) is 33.2 Å². The molecule has 1 atom stereocenters. The molecule has 214 valence electrons. The Morgan fingerprint density at radius 3 is 1.47 bits per heavy atom. The summed E-state index contributed by atoms with van der Waals surface area (Å²) < 4.78 is 41.8. The first-order chi connectivity index (χ1) is 17.4. The van der Waals surface area contributed by atoms with Crippen LogP contribution in [0.2, 0.25) is 0 Å². The van der Waals surface area contributed by atoms with Gasteiger partial charge in [-0.15, -0.1) is 0 Å². The van der Waals surface area contributed by atoms with Gasteiger partial charge in [-0.1, -0.05) is 36.4 Å². The van der Waals surface area contributed by atoms with Crippen molar-refractivity contribution in [1.82, 2.24) is 4.84 Å². The van der Waals surface area contributed by atoms with Crippen molar-refractivity contribution in [2.24, 2.45) is 5.41 Å². The number of carbonyl (C=O) groups is 2. The van der Waals surface area contributed by atoms with Crippen LogP contribution in [0.4, 0.5) is 0 Å². The van der Waals surface area contributed by atoms with Crippen molar-refractivity contribution in [3.8, 4) is 11.5 Å². The number of benzene rings is 2. The first-order valence-electron chi connectivity index (χ1n) is 10.7. The lowest BCUT2D eigenvalue weighted by molar-refractivity contribution is -0.149. The molecule has 38 heavy (non-hydrogen) atoms. The lowest BCUT2D eigenvalue weighted by Gasteiger charge is -2.24. The Bertz CT molecular complexity index is 1100. The number of para-hydroxylation sites is 2. The highest BCUT2D eigenvalue weighted by Crippen LogP contribution is 2.57. The quantitative estimate of drug-likeness (QED) is 0.163. The fourth-order valence-electron chi connectivity index (χ4n) is 2.38. The minimum Gasteiger partial charge on any atom is -0.469 e. The Kier molecular flexibility index (Phi) is 16.0. The Hall–Kier alpha value is -1.44. The van der Waals surface area contributed by atoms with Crippen LogP contribution in [0.1, 0.15) is 27.7 Å². The summed E-state index contributed by atoms with van der Waals surface area (Å²) in [4.78, 5) is 24.5. The fourth-order valence-corrected chi connectivity index (χ4v) is 6.01. The third-order valence-electron chi connectivity index (χ3n) is 4.19. The molecule has 0 aliphatic rings. The monoisotopic (exact) mass is 651 g/mol. The number of nitrogens with one attached hydrogen (secondary N) is 1. The van der Waals surface area contributed by atoms with Crippen LogP contribution in [0, 0.1) is 5.41 Å². The molecular formula is C23H31Cl4NO8P2. The van der Waals surface area contributed by atoms with Crippen molar-refractivity contribution in [3.63, 3.8) is 0 Å². The molecule has 9 nitrogen and oxygen atoms in total. The van der Waals surface area contributed by atoms with E-state index < -0.39 is 29.7 Å². The van der Waals surface area contributed by atoms with Gasteiger partial charge in [0.05, 0.1) is 25.8 Å². The molecule has 2 rings (SSSR count). The van der Waals surface area contributed by atoms with Crippen molar-refractivity contribution < 1.29 is 37.2 Å². The normalized spacial score (nSPS) is 12.8. The predicted molar refractivity (Wildman–Crippen MR) is 153 cm³/mol. The topological polar surface area (TPSA) is 117 Å². The third-order valence-corrected chi connectivity index (χ3v) is 7.72. The summed E-state index contributed by atoms with van der Waals surface area (Å²) in [5.41, 5.74) is -1.75. The maximum Gasteiger partial charge on any atom is 0.428 e. The SMILES string of the molecule is COC(=O)C(C)(C)CP(=O)(Cl)Oc1ccccc1.COC(=O)C(C)(C)NCl.O=P(Cl)(Cl)Oc1ccccc1. The Morgan fingerprint density at radius 2 is 1.16 bits per heavy atom. The van der Waals surface area contributed by atoms with E-state index in [9.17, 15) is 18.7 Å². The van der Waals surface area contributed by atoms with Gasteiger partial charge in [-0.2, -0.15) is 0 Å². The molecule has 0 aliphatic heterocycles. The minimum atomic E-state index is -3.44. The number of halogens is 4. The number of hydrogen-bond donors (Lipinski definition) is 1. The largest absolute Gasteiger partial charge is 0.469 e. The number of hydrogen-bond acceptors (Lipinski definition) is 9. The second-order valence-electron chi connectivity index (χ2n) is 8.56. The number of methoxy groups -OCH3 is 2.